The Bertz CT molecular complexity index is 5450. The van der Waals surface area contributed by atoms with Crippen molar-refractivity contribution in [3.63, 3.8) is 0 Å². The molecule has 13 aromatic rings. The molecule has 0 saturated carbocycles. The molecule has 14 rings (SSSR count). The van der Waals surface area contributed by atoms with Gasteiger partial charge in [0.05, 0.1) is 134 Å². The minimum Gasteiger partial charge on any atom is -0.497 e. The second-order valence-electron chi connectivity index (χ2n) is 26.8. The number of nitrogens with one attached hydrogen (secondary N) is 3. The number of imide groups is 1. The van der Waals surface area contributed by atoms with Crippen molar-refractivity contribution in [2.45, 2.75) is 46.2 Å². The third kappa shape index (κ3) is 18.5. The van der Waals surface area contributed by atoms with Crippen LogP contribution in [-0.2, 0) is 18.9 Å². The number of methoxy groups -OCH3 is 5. The van der Waals surface area contributed by atoms with Gasteiger partial charge in [0, 0.05) is 190 Å². The molecular formula is C83H90N20O9. The number of fused-ring (bicyclic) bond motifs is 4. The molecule has 6 aromatic heterocycles. The number of ether oxygens (including phenoxy) is 5. The number of nitrogens with zero attached hydrogens (tertiary/aromatic N) is 16. The SMILES string of the molecule is CNC(=O)c1cc(OC)cc(N(CCNC(C)C)c2ccc3ncc(-c4cnn(C)c4)nc3c2)c1.COc1cc(OC)cc(N(CC(=O)NCCN)c2ccc3ncc(-c4cnn(C)c4)nc3c2)c1.COc1cc(OC)cc(N(CCCN2C(=O)c3ccccc3C2=O)c2ccc3ncc(-c4cnn(C(C)C)c4)nc3c2)c1. The molecule has 0 atom stereocenters. The largest absolute Gasteiger partial charge is 0.497 e. The summed E-state index contributed by atoms with van der Waals surface area (Å²) in [5, 5.41) is 21.9. The monoisotopic (exact) mass is 1510 g/mol. The van der Waals surface area contributed by atoms with E-state index >= 15 is 0 Å². The second-order valence-corrected chi connectivity index (χ2v) is 26.8. The van der Waals surface area contributed by atoms with Crippen molar-refractivity contribution in [1.29, 1.82) is 0 Å². The normalized spacial score (nSPS) is 11.7. The van der Waals surface area contributed by atoms with Crippen LogP contribution in [-0.4, -0.2) is 182 Å². The Hall–Kier alpha value is -13.4. The number of benzene rings is 7. The number of amides is 4. The summed E-state index contributed by atoms with van der Waals surface area (Å²) in [7, 11) is 13.3. The molecule has 0 fully saturated rings. The number of rotatable bonds is 28. The predicted octanol–water partition coefficient (Wildman–Crippen LogP) is 11.7. The van der Waals surface area contributed by atoms with Gasteiger partial charge in [-0.3, -0.25) is 53.1 Å². The molecular weight excluding hydrogens is 1420 g/mol. The van der Waals surface area contributed by atoms with Gasteiger partial charge in [-0.15, -0.1) is 0 Å². The number of aryl methyl sites for hydroxylation is 2. The molecule has 0 unspecified atom stereocenters. The highest BCUT2D eigenvalue weighted by molar-refractivity contribution is 6.21. The highest BCUT2D eigenvalue weighted by Crippen LogP contribution is 2.38. The maximum atomic E-state index is 13.0. The van der Waals surface area contributed by atoms with E-state index in [2.05, 4.69) is 83.7 Å². The summed E-state index contributed by atoms with van der Waals surface area (Å²) in [5.41, 5.74) is 21.4. The Morgan fingerprint density at radius 1 is 0.482 bits per heavy atom. The van der Waals surface area contributed by atoms with E-state index in [0.29, 0.717) is 95.3 Å². The van der Waals surface area contributed by atoms with Gasteiger partial charge >= 0.3 is 0 Å². The Balaban J connectivity index is 0.000000157. The third-order valence-corrected chi connectivity index (χ3v) is 18.5. The summed E-state index contributed by atoms with van der Waals surface area (Å²) in [4.78, 5) is 86.8. The van der Waals surface area contributed by atoms with Crippen LogP contribution in [0, 0.1) is 0 Å². The molecule has 112 heavy (non-hydrogen) atoms. The van der Waals surface area contributed by atoms with Gasteiger partial charge in [0.15, 0.2) is 0 Å². The van der Waals surface area contributed by atoms with E-state index in [1.807, 2.05) is 139 Å². The van der Waals surface area contributed by atoms with E-state index in [4.69, 9.17) is 44.4 Å². The molecule has 0 aliphatic carbocycles. The first-order valence-corrected chi connectivity index (χ1v) is 36.4. The highest BCUT2D eigenvalue weighted by atomic mass is 16.5. The van der Waals surface area contributed by atoms with Crippen molar-refractivity contribution in [1.82, 2.24) is 80.1 Å². The van der Waals surface area contributed by atoms with Crippen LogP contribution in [0.25, 0.3) is 66.9 Å². The number of aromatic nitrogens is 12. The van der Waals surface area contributed by atoms with Gasteiger partial charge in [0.2, 0.25) is 5.91 Å². The Labute approximate surface area is 648 Å². The van der Waals surface area contributed by atoms with Crippen LogP contribution >= 0.6 is 0 Å². The minimum atomic E-state index is -0.260. The quantitative estimate of drug-likeness (QED) is 0.0331. The van der Waals surface area contributed by atoms with Crippen LogP contribution < -0.4 is 60.1 Å². The maximum Gasteiger partial charge on any atom is 0.261 e. The molecule has 29 heteroatoms. The Kier molecular flexibility index (Phi) is 25.0. The number of anilines is 6. The zero-order valence-corrected chi connectivity index (χ0v) is 64.6. The van der Waals surface area contributed by atoms with Crippen LogP contribution in [0.5, 0.6) is 28.7 Å². The van der Waals surface area contributed by atoms with E-state index in [1.54, 1.807) is 126 Å². The van der Waals surface area contributed by atoms with Gasteiger partial charge < -0.3 is 60.1 Å². The lowest BCUT2D eigenvalue weighted by Crippen LogP contribution is -2.37. The molecule has 0 spiro atoms. The van der Waals surface area contributed by atoms with E-state index in [1.165, 1.54) is 4.90 Å². The first-order valence-electron chi connectivity index (χ1n) is 36.4. The summed E-state index contributed by atoms with van der Waals surface area (Å²) in [5.74, 6) is 2.27. The summed E-state index contributed by atoms with van der Waals surface area (Å²) < 4.78 is 32.8. The number of hydrogen-bond donors (Lipinski definition) is 4. The number of carbonyl (C=O) groups excluding carboxylic acids is 4. The van der Waals surface area contributed by atoms with Crippen molar-refractivity contribution in [2.75, 3.05) is 103 Å². The maximum absolute atomic E-state index is 13.0. The highest BCUT2D eigenvalue weighted by Gasteiger charge is 2.35. The zero-order chi connectivity index (χ0) is 79.1. The average molecular weight is 1510 g/mol. The number of nitrogens with two attached hydrogens (primary N) is 1. The van der Waals surface area contributed by atoms with Crippen molar-refractivity contribution in [2.24, 2.45) is 19.8 Å². The molecule has 0 saturated heterocycles. The van der Waals surface area contributed by atoms with E-state index in [-0.39, 0.29) is 42.8 Å². The molecule has 1 aliphatic rings. The average Bonchev–Trinajstić information content (AvgIpc) is 1.46. The fraction of sp³-hybridized carbons (Fsp3) is 0.265. The topological polar surface area (TPSA) is 320 Å². The minimum absolute atomic E-state index is 0.0670. The summed E-state index contributed by atoms with van der Waals surface area (Å²) in [6.07, 6.45) is 16.9. The Morgan fingerprint density at radius 3 is 1.33 bits per heavy atom. The van der Waals surface area contributed by atoms with Crippen molar-refractivity contribution in [3.05, 3.63) is 206 Å². The molecule has 1 aliphatic heterocycles. The van der Waals surface area contributed by atoms with Crippen LogP contribution in [0.1, 0.15) is 71.2 Å². The standard InChI is InChI=1S/C33H32N6O4.C26H31N7O2.C24H27N7O3/c1-21(2)39-20-22(18-35-39)31-19-34-29-11-10-23(16-30(29)36-31)37(24-14-25(42-3)17-26(15-24)43-4)12-7-13-38-32(40)27-8-5-6-9-28(27)33(38)41;1-17(2)28-8-9-33(21-10-18(26(34)27-3)11-22(12-21)35-5)20-6-7-23-24(13-20)31-25(15-29-23)19-14-30-32(4)16-19;1-30-14-16(12-28-30)23-13-27-21-5-4-17(10-22(21)29-23)31(15-24(32)26-7-6-25)18-8-19(33-2)11-20(9-18)34-3/h5-6,8-11,14-21H,7,12-13H2,1-4H3;6-7,10-17,28H,8-9H2,1-5H3,(H,27,34);4-5,8-14H,6-7,15,25H2,1-3H3,(H,26,32). The second kappa shape index (κ2) is 35.7. The van der Waals surface area contributed by atoms with Crippen molar-refractivity contribution < 1.29 is 42.9 Å². The molecule has 0 radical (unpaired) electrons. The van der Waals surface area contributed by atoms with Crippen molar-refractivity contribution in [3.8, 4) is 62.5 Å². The van der Waals surface area contributed by atoms with Gasteiger partial charge in [-0.05, 0) is 99.1 Å². The molecule has 5 N–H and O–H groups in total. The van der Waals surface area contributed by atoms with Gasteiger partial charge in [0.25, 0.3) is 17.7 Å². The summed E-state index contributed by atoms with van der Waals surface area (Å²) in [6, 6.07) is 41.9. The molecule has 0 bridgehead atoms. The van der Waals surface area contributed by atoms with E-state index in [9.17, 15) is 19.2 Å². The fourth-order valence-electron chi connectivity index (χ4n) is 12.7. The number of hydrogen-bond acceptors (Lipinski definition) is 23. The molecule has 7 heterocycles. The van der Waals surface area contributed by atoms with Crippen molar-refractivity contribution >= 4 is 90.9 Å². The lowest BCUT2D eigenvalue weighted by Gasteiger charge is -2.27. The van der Waals surface area contributed by atoms with E-state index in [0.717, 1.165) is 96.3 Å². The zero-order valence-electron chi connectivity index (χ0n) is 64.6. The van der Waals surface area contributed by atoms with Crippen LogP contribution in [0.15, 0.2) is 189 Å². The molecule has 576 valence electrons. The van der Waals surface area contributed by atoms with Crippen LogP contribution in [0.2, 0.25) is 0 Å². The molecule has 29 nitrogen and oxygen atoms in total. The third-order valence-electron chi connectivity index (χ3n) is 18.5. The smallest absolute Gasteiger partial charge is 0.261 e. The first-order chi connectivity index (χ1) is 54.2. The number of carbonyl (C=O) groups is 4. The lowest BCUT2D eigenvalue weighted by molar-refractivity contribution is -0.119. The lowest BCUT2D eigenvalue weighted by atomic mass is 10.1. The summed E-state index contributed by atoms with van der Waals surface area (Å²) in [6.45, 7) is 11.4. The molecule has 4 amide bonds. The van der Waals surface area contributed by atoms with Gasteiger partial charge in [-0.25, -0.2) is 15.0 Å². The summed E-state index contributed by atoms with van der Waals surface area (Å²) >= 11 is 0. The first kappa shape index (κ1) is 78.2. The van der Waals surface area contributed by atoms with Crippen LogP contribution in [0.4, 0.5) is 34.1 Å². The Morgan fingerprint density at radius 2 is 0.911 bits per heavy atom. The fourth-order valence-corrected chi connectivity index (χ4v) is 12.7. The van der Waals surface area contributed by atoms with Gasteiger partial charge in [-0.1, -0.05) is 26.0 Å². The van der Waals surface area contributed by atoms with Gasteiger partial charge in [-0.2, -0.15) is 15.3 Å². The van der Waals surface area contributed by atoms with Crippen LogP contribution in [0.3, 0.4) is 0 Å². The van der Waals surface area contributed by atoms with E-state index < -0.39 is 0 Å². The predicted molar refractivity (Wildman–Crippen MR) is 433 cm³/mol. The molecule has 7 aromatic carbocycles. The van der Waals surface area contributed by atoms with Gasteiger partial charge in [0.1, 0.15) is 35.3 Å².